The summed E-state index contributed by atoms with van der Waals surface area (Å²) in [5.74, 6) is 0.436. The van der Waals surface area contributed by atoms with Crippen molar-refractivity contribution in [3.05, 3.63) is 59.4 Å². The number of hydrogen-bond acceptors (Lipinski definition) is 6. The van der Waals surface area contributed by atoms with E-state index in [-0.39, 0.29) is 18.2 Å². The van der Waals surface area contributed by atoms with Gasteiger partial charge in [0.1, 0.15) is 30.8 Å². The summed E-state index contributed by atoms with van der Waals surface area (Å²) < 4.78 is 16.9. The summed E-state index contributed by atoms with van der Waals surface area (Å²) in [6, 6.07) is 9.11. The smallest absolute Gasteiger partial charge is 0.298 e. The van der Waals surface area contributed by atoms with Crippen molar-refractivity contribution in [1.82, 2.24) is 4.98 Å². The first kappa shape index (κ1) is 16.0. The van der Waals surface area contributed by atoms with E-state index in [0.29, 0.717) is 34.6 Å². The van der Waals surface area contributed by atoms with Crippen LogP contribution in [0.4, 0.5) is 5.13 Å². The largest absolute Gasteiger partial charge is 0.494 e. The van der Waals surface area contributed by atoms with Gasteiger partial charge in [0.2, 0.25) is 5.76 Å². The van der Waals surface area contributed by atoms with Crippen LogP contribution in [0.25, 0.3) is 10.2 Å². The first-order valence-electron chi connectivity index (χ1n) is 7.56. The van der Waals surface area contributed by atoms with Crippen molar-refractivity contribution < 1.29 is 18.7 Å². The number of hydrogen-bond donors (Lipinski definition) is 0. The fraction of sp³-hybridized carbons (Fsp3) is 0.176. The Bertz CT molecular complexity index is 935. The minimum absolute atomic E-state index is 0.142. The van der Waals surface area contributed by atoms with Crippen LogP contribution in [-0.2, 0) is 20.8 Å². The highest BCUT2D eigenvalue weighted by molar-refractivity contribution is 7.22. The number of halogens is 1. The molecule has 0 radical (unpaired) electrons. The van der Waals surface area contributed by atoms with Crippen molar-refractivity contribution >= 4 is 44.2 Å². The van der Waals surface area contributed by atoms with Gasteiger partial charge in [-0.3, -0.25) is 9.69 Å². The molecule has 3 aromatic rings. The average molecular weight is 377 g/mol. The first-order chi connectivity index (χ1) is 12.2. The van der Waals surface area contributed by atoms with Gasteiger partial charge in [-0.15, -0.1) is 0 Å². The van der Waals surface area contributed by atoms with Crippen molar-refractivity contribution in [2.75, 3.05) is 18.1 Å². The number of benzene rings is 1. The van der Waals surface area contributed by atoms with E-state index >= 15 is 0 Å². The lowest BCUT2D eigenvalue weighted by Crippen LogP contribution is -2.33. The summed E-state index contributed by atoms with van der Waals surface area (Å²) >= 11 is 7.59. The molecule has 0 saturated carbocycles. The van der Waals surface area contributed by atoms with Gasteiger partial charge in [-0.2, -0.15) is 0 Å². The van der Waals surface area contributed by atoms with Gasteiger partial charge in [-0.1, -0.05) is 29.0 Å². The monoisotopic (exact) mass is 376 g/mol. The summed E-state index contributed by atoms with van der Waals surface area (Å²) in [7, 11) is 0. The van der Waals surface area contributed by atoms with Crippen LogP contribution in [0.2, 0.25) is 5.02 Å². The van der Waals surface area contributed by atoms with E-state index in [4.69, 9.17) is 25.5 Å². The number of para-hydroxylation sites is 1. The molecule has 0 unspecified atom stereocenters. The normalized spacial score (nSPS) is 13.9. The summed E-state index contributed by atoms with van der Waals surface area (Å²) in [5, 5.41) is 1.06. The van der Waals surface area contributed by atoms with Crippen LogP contribution in [-0.4, -0.2) is 24.1 Å². The van der Waals surface area contributed by atoms with Crippen LogP contribution >= 0.6 is 22.9 Å². The van der Waals surface area contributed by atoms with Crippen LogP contribution in [0.3, 0.4) is 0 Å². The number of amides is 1. The number of aromatic nitrogens is 1. The van der Waals surface area contributed by atoms with Crippen LogP contribution < -0.4 is 4.90 Å². The molecule has 0 atom stereocenters. The predicted octanol–water partition coefficient (Wildman–Crippen LogP) is 3.96. The number of nitrogens with zero attached hydrogens (tertiary/aromatic N) is 2. The highest BCUT2D eigenvalue weighted by Crippen LogP contribution is 2.34. The molecule has 3 heterocycles. The molecule has 128 valence electrons. The second-order valence-electron chi connectivity index (χ2n) is 5.26. The minimum Gasteiger partial charge on any atom is -0.494 e. The fourth-order valence-electron chi connectivity index (χ4n) is 2.42. The molecule has 0 N–H and O–H groups in total. The molecule has 0 aliphatic carbocycles. The number of anilines is 1. The second-order valence-corrected chi connectivity index (χ2v) is 6.67. The quantitative estimate of drug-likeness (QED) is 0.689. The highest BCUT2D eigenvalue weighted by atomic mass is 35.5. The number of furan rings is 1. The Morgan fingerprint density at radius 2 is 2.20 bits per heavy atom. The summed E-state index contributed by atoms with van der Waals surface area (Å²) in [5.41, 5.74) is 0.663. The number of fused-ring (bicyclic) bond motifs is 1. The van der Waals surface area contributed by atoms with Gasteiger partial charge in [0, 0.05) is 0 Å². The summed E-state index contributed by atoms with van der Waals surface area (Å²) in [6.07, 6.45) is 2.90. The SMILES string of the molecule is O=C(C1=COCCO1)N(Cc1ccco1)c1nc2c(Cl)cccc2s1. The van der Waals surface area contributed by atoms with E-state index in [9.17, 15) is 4.79 Å². The Kier molecular flexibility index (Phi) is 4.33. The van der Waals surface area contributed by atoms with Gasteiger partial charge in [-0.05, 0) is 24.3 Å². The molecule has 1 aliphatic rings. The zero-order valence-corrected chi connectivity index (χ0v) is 14.5. The van der Waals surface area contributed by atoms with E-state index in [1.807, 2.05) is 12.1 Å². The number of ether oxygens (including phenoxy) is 2. The molecular formula is C17H13ClN2O4S. The van der Waals surface area contributed by atoms with Gasteiger partial charge < -0.3 is 13.9 Å². The van der Waals surface area contributed by atoms with Crippen LogP contribution in [0, 0.1) is 0 Å². The van der Waals surface area contributed by atoms with Crippen molar-refractivity contribution in [1.29, 1.82) is 0 Å². The van der Waals surface area contributed by atoms with E-state index in [1.54, 1.807) is 24.5 Å². The maximum Gasteiger partial charge on any atom is 0.298 e. The molecule has 1 amide bonds. The predicted molar refractivity (Wildman–Crippen MR) is 94.5 cm³/mol. The van der Waals surface area contributed by atoms with Gasteiger partial charge in [0.15, 0.2) is 5.13 Å². The van der Waals surface area contributed by atoms with Crippen LogP contribution in [0.1, 0.15) is 5.76 Å². The van der Waals surface area contributed by atoms with Crippen LogP contribution in [0.15, 0.2) is 53.0 Å². The third-order valence-electron chi connectivity index (χ3n) is 3.59. The Balaban J connectivity index is 1.74. The molecule has 0 fully saturated rings. The van der Waals surface area contributed by atoms with Crippen LogP contribution in [0.5, 0.6) is 0 Å². The molecule has 6 nitrogen and oxygen atoms in total. The number of carbonyl (C=O) groups excluding carboxylic acids is 1. The van der Waals surface area contributed by atoms with Gasteiger partial charge in [0.05, 0.1) is 22.5 Å². The molecule has 1 aromatic carbocycles. The number of carbonyl (C=O) groups is 1. The molecule has 0 bridgehead atoms. The summed E-state index contributed by atoms with van der Waals surface area (Å²) in [4.78, 5) is 19.0. The fourth-order valence-corrected chi connectivity index (χ4v) is 3.68. The highest BCUT2D eigenvalue weighted by Gasteiger charge is 2.27. The number of rotatable bonds is 4. The first-order valence-corrected chi connectivity index (χ1v) is 8.76. The molecule has 2 aromatic heterocycles. The standard InChI is InChI=1S/C17H13ClN2O4S/c18-12-4-1-5-14-15(12)19-17(25-14)20(9-11-3-2-6-23-11)16(21)13-10-22-7-8-24-13/h1-6,10H,7-9H2. The molecular weight excluding hydrogens is 364 g/mol. The zero-order chi connectivity index (χ0) is 17.2. The van der Waals surface area contributed by atoms with Crippen molar-refractivity contribution in [2.24, 2.45) is 0 Å². The van der Waals surface area contributed by atoms with Gasteiger partial charge in [-0.25, -0.2) is 4.98 Å². The number of thiazole rings is 1. The topological polar surface area (TPSA) is 64.8 Å². The van der Waals surface area contributed by atoms with Gasteiger partial charge >= 0.3 is 0 Å². The maximum absolute atomic E-state index is 12.9. The average Bonchev–Trinajstić information content (AvgIpc) is 3.30. The zero-order valence-electron chi connectivity index (χ0n) is 13.0. The Morgan fingerprint density at radius 3 is 2.92 bits per heavy atom. The lowest BCUT2D eigenvalue weighted by molar-refractivity contribution is -0.120. The molecule has 25 heavy (non-hydrogen) atoms. The lowest BCUT2D eigenvalue weighted by atomic mass is 10.3. The van der Waals surface area contributed by atoms with Crippen molar-refractivity contribution in [2.45, 2.75) is 6.54 Å². The molecule has 1 aliphatic heterocycles. The third kappa shape index (κ3) is 3.20. The Labute approximate surface area is 152 Å². The van der Waals surface area contributed by atoms with E-state index < -0.39 is 0 Å². The molecule has 8 heteroatoms. The molecule has 0 saturated heterocycles. The van der Waals surface area contributed by atoms with Crippen molar-refractivity contribution in [3.8, 4) is 0 Å². The van der Waals surface area contributed by atoms with E-state index in [2.05, 4.69) is 4.98 Å². The van der Waals surface area contributed by atoms with E-state index in [1.165, 1.54) is 22.5 Å². The van der Waals surface area contributed by atoms with Crippen molar-refractivity contribution in [3.63, 3.8) is 0 Å². The summed E-state index contributed by atoms with van der Waals surface area (Å²) in [6.45, 7) is 0.980. The van der Waals surface area contributed by atoms with Gasteiger partial charge in [0.25, 0.3) is 5.91 Å². The Morgan fingerprint density at radius 1 is 1.28 bits per heavy atom. The Hall–Kier alpha value is -2.51. The lowest BCUT2D eigenvalue weighted by Gasteiger charge is -2.22. The molecule has 0 spiro atoms. The van der Waals surface area contributed by atoms with E-state index in [0.717, 1.165) is 4.70 Å². The third-order valence-corrected chi connectivity index (χ3v) is 4.94. The maximum atomic E-state index is 12.9. The second kappa shape index (κ2) is 6.78. The minimum atomic E-state index is -0.341. The molecule has 4 rings (SSSR count).